The minimum absolute atomic E-state index is 0.0196. The van der Waals surface area contributed by atoms with Crippen molar-refractivity contribution in [2.24, 2.45) is 11.8 Å². The maximum Gasteiger partial charge on any atom is 0.326 e. The van der Waals surface area contributed by atoms with Crippen LogP contribution >= 0.6 is 0 Å². The van der Waals surface area contributed by atoms with E-state index in [1.165, 1.54) is 18.0 Å². The lowest BCUT2D eigenvalue weighted by atomic mass is 9.89. The lowest BCUT2D eigenvalue weighted by Gasteiger charge is -2.32. The molecule has 1 heterocycles. The maximum absolute atomic E-state index is 13.1. The summed E-state index contributed by atoms with van der Waals surface area (Å²) in [6, 6.07) is 11.6. The van der Waals surface area contributed by atoms with Crippen molar-refractivity contribution in [2.45, 2.75) is 65.8 Å². The summed E-state index contributed by atoms with van der Waals surface area (Å²) in [5, 5.41) is 16.6. The van der Waals surface area contributed by atoms with Crippen molar-refractivity contribution < 1.29 is 33.6 Å². The molecule has 1 fully saturated rings. The molecule has 3 amide bonds. The fourth-order valence-corrected chi connectivity index (χ4v) is 5.32. The number of amides is 3. The molecule has 0 aliphatic carbocycles. The summed E-state index contributed by atoms with van der Waals surface area (Å²) in [4.78, 5) is 64.1. The Bertz CT molecular complexity index is 1500. The number of cyclic esters (lactones) is 1. The van der Waals surface area contributed by atoms with Gasteiger partial charge in [-0.3, -0.25) is 29.3 Å². The molecular weight excluding hydrogens is 592 g/mol. The third-order valence-electron chi connectivity index (χ3n) is 7.87. The molecule has 2 aromatic rings. The number of para-hydroxylation sites is 1. The van der Waals surface area contributed by atoms with Gasteiger partial charge in [-0.1, -0.05) is 63.3 Å². The molecular formula is C34H42N4O8. The number of nitrogens with one attached hydrogen (secondary N) is 2. The van der Waals surface area contributed by atoms with Gasteiger partial charge in [0.2, 0.25) is 17.7 Å². The number of hydrogen-bond donors (Lipinski definition) is 2. The molecule has 1 aliphatic rings. The molecule has 0 unspecified atom stereocenters. The zero-order chi connectivity index (χ0) is 34.1. The van der Waals surface area contributed by atoms with Crippen molar-refractivity contribution in [3.05, 3.63) is 87.5 Å². The molecule has 0 radical (unpaired) electrons. The predicted molar refractivity (Wildman–Crippen MR) is 172 cm³/mol. The Morgan fingerprint density at radius 3 is 2.41 bits per heavy atom. The van der Waals surface area contributed by atoms with E-state index in [4.69, 9.17) is 9.47 Å². The molecule has 12 nitrogen and oxygen atoms in total. The second-order valence-corrected chi connectivity index (χ2v) is 11.8. The van der Waals surface area contributed by atoms with Crippen molar-refractivity contribution in [2.75, 3.05) is 13.6 Å². The Morgan fingerprint density at radius 2 is 1.78 bits per heavy atom. The van der Waals surface area contributed by atoms with Gasteiger partial charge < -0.3 is 25.0 Å². The van der Waals surface area contributed by atoms with Crippen LogP contribution in [0.15, 0.2) is 66.3 Å². The van der Waals surface area contributed by atoms with Crippen LogP contribution in [-0.4, -0.2) is 65.3 Å². The number of nitrogens with zero attached hydrogens (tertiary/aromatic N) is 2. The molecule has 2 aromatic carbocycles. The van der Waals surface area contributed by atoms with Gasteiger partial charge in [0.15, 0.2) is 0 Å². The minimum Gasteiger partial charge on any atom is -0.489 e. The molecule has 4 atom stereocenters. The monoisotopic (exact) mass is 634 g/mol. The highest BCUT2D eigenvalue weighted by Crippen LogP contribution is 2.27. The van der Waals surface area contributed by atoms with Crippen LogP contribution < -0.4 is 15.4 Å². The average molecular weight is 635 g/mol. The van der Waals surface area contributed by atoms with Gasteiger partial charge in [-0.05, 0) is 49.1 Å². The van der Waals surface area contributed by atoms with Crippen molar-refractivity contribution in [3.63, 3.8) is 0 Å². The Morgan fingerprint density at radius 1 is 1.13 bits per heavy atom. The van der Waals surface area contributed by atoms with Crippen LogP contribution in [0.2, 0.25) is 0 Å². The van der Waals surface area contributed by atoms with E-state index in [2.05, 4.69) is 17.2 Å². The average Bonchev–Trinajstić information content (AvgIpc) is 3.00. The molecule has 246 valence electrons. The van der Waals surface area contributed by atoms with Crippen LogP contribution in [0, 0.1) is 22.0 Å². The number of carbonyl (C=O) groups is 4. The first kappa shape index (κ1) is 35.5. The summed E-state index contributed by atoms with van der Waals surface area (Å²) in [7, 11) is 1.49. The third-order valence-corrected chi connectivity index (χ3v) is 7.87. The number of rotatable bonds is 7. The van der Waals surface area contributed by atoms with Crippen LogP contribution in [0.25, 0.3) is 6.08 Å². The van der Waals surface area contributed by atoms with E-state index in [-0.39, 0.29) is 24.6 Å². The predicted octanol–water partition coefficient (Wildman–Crippen LogP) is 4.19. The maximum atomic E-state index is 13.1. The molecule has 0 spiro atoms. The Hall–Kier alpha value is -5.00. The lowest BCUT2D eigenvalue weighted by Crippen LogP contribution is -2.55. The summed E-state index contributed by atoms with van der Waals surface area (Å²) in [6.07, 6.45) is 0.914. The highest BCUT2D eigenvalue weighted by atomic mass is 16.6. The summed E-state index contributed by atoms with van der Waals surface area (Å²) in [5.41, 5.74) is 2.35. The first-order valence-electron chi connectivity index (χ1n) is 15.0. The van der Waals surface area contributed by atoms with Gasteiger partial charge in [0.05, 0.1) is 10.5 Å². The van der Waals surface area contributed by atoms with Gasteiger partial charge >= 0.3 is 5.97 Å². The van der Waals surface area contributed by atoms with Gasteiger partial charge in [0.1, 0.15) is 37.1 Å². The van der Waals surface area contributed by atoms with Crippen molar-refractivity contribution in [3.8, 4) is 5.75 Å². The number of benzene rings is 2. The van der Waals surface area contributed by atoms with Crippen LogP contribution in [0.1, 0.15) is 52.2 Å². The fourth-order valence-electron chi connectivity index (χ4n) is 5.32. The van der Waals surface area contributed by atoms with E-state index in [1.54, 1.807) is 77.1 Å². The normalized spacial score (nSPS) is 22.4. The molecule has 0 saturated carbocycles. The number of nitro groups is 1. The first-order chi connectivity index (χ1) is 21.7. The molecule has 12 heteroatoms. The van der Waals surface area contributed by atoms with E-state index < -0.39 is 59.3 Å². The van der Waals surface area contributed by atoms with Gasteiger partial charge in [0, 0.05) is 25.5 Å². The quantitative estimate of drug-likeness (QED) is 0.199. The van der Waals surface area contributed by atoms with Gasteiger partial charge in [-0.15, -0.1) is 0 Å². The summed E-state index contributed by atoms with van der Waals surface area (Å²) < 4.78 is 11.6. The number of nitro benzene ring substituents is 1. The van der Waals surface area contributed by atoms with Gasteiger partial charge in [0.25, 0.3) is 5.69 Å². The Balaban J connectivity index is 1.82. The SMILES string of the molecule is C=C1CC(=O)N[C@@H](C)C(=O)N(C)[C@@H](C(C)C)C(=O)NCC(=O)O[C@@H](/C(C)=C/c2ccc(OCc3ccccc3[N+](=O)[O-])cc2)[C@@H]1C. The van der Waals surface area contributed by atoms with Gasteiger partial charge in [-0.25, -0.2) is 0 Å². The van der Waals surface area contributed by atoms with E-state index >= 15 is 0 Å². The topological polar surface area (TPSA) is 157 Å². The summed E-state index contributed by atoms with van der Waals surface area (Å²) >= 11 is 0. The Labute approximate surface area is 269 Å². The lowest BCUT2D eigenvalue weighted by molar-refractivity contribution is -0.385. The molecule has 2 N–H and O–H groups in total. The highest BCUT2D eigenvalue weighted by molar-refractivity contribution is 5.93. The fraction of sp³-hybridized carbons (Fsp3) is 0.412. The minimum atomic E-state index is -0.884. The van der Waals surface area contributed by atoms with Crippen LogP contribution in [0.5, 0.6) is 5.75 Å². The number of esters is 1. The van der Waals surface area contributed by atoms with Gasteiger partial charge in [-0.2, -0.15) is 0 Å². The second kappa shape index (κ2) is 15.8. The van der Waals surface area contributed by atoms with E-state index in [1.807, 2.05) is 6.08 Å². The summed E-state index contributed by atoms with van der Waals surface area (Å²) in [6.45, 7) is 12.4. The van der Waals surface area contributed by atoms with E-state index in [0.717, 1.165) is 5.56 Å². The standard InChI is InChI=1S/C34H42N4O8/c1-20(2)31-33(41)35-18-30(40)46-32(23(5)21(3)17-29(39)36-24(6)34(42)37(31)7)22(4)16-25-12-14-27(15-13-25)45-19-26-10-8-9-11-28(26)38(43)44/h8-16,20,23-24,31-32H,3,17-19H2,1-2,4-7H3,(H,35,41)(H,36,39)/b22-16+/t23-,24+,31+,32+/m1/s1. The smallest absolute Gasteiger partial charge is 0.326 e. The molecule has 1 aliphatic heterocycles. The molecule has 1 saturated heterocycles. The number of hydrogen-bond acceptors (Lipinski definition) is 8. The van der Waals surface area contributed by atoms with Crippen LogP contribution in [-0.2, 0) is 30.5 Å². The third kappa shape index (κ3) is 9.26. The van der Waals surface area contributed by atoms with Crippen molar-refractivity contribution in [1.82, 2.24) is 15.5 Å². The molecule has 46 heavy (non-hydrogen) atoms. The number of likely N-dealkylation sites (N-methyl/N-ethyl adjacent to an activating group) is 1. The van der Waals surface area contributed by atoms with E-state index in [0.29, 0.717) is 22.5 Å². The van der Waals surface area contributed by atoms with Crippen molar-refractivity contribution >= 4 is 35.5 Å². The zero-order valence-electron chi connectivity index (χ0n) is 27.1. The molecule has 0 bridgehead atoms. The van der Waals surface area contributed by atoms with Crippen molar-refractivity contribution in [1.29, 1.82) is 0 Å². The van der Waals surface area contributed by atoms with E-state index in [9.17, 15) is 29.3 Å². The molecule has 0 aromatic heterocycles. The number of ether oxygens (including phenoxy) is 2. The largest absolute Gasteiger partial charge is 0.489 e. The second-order valence-electron chi connectivity index (χ2n) is 11.8. The highest BCUT2D eigenvalue weighted by Gasteiger charge is 2.34. The zero-order valence-corrected chi connectivity index (χ0v) is 27.1. The molecule has 3 rings (SSSR count). The first-order valence-corrected chi connectivity index (χ1v) is 15.0. The van der Waals surface area contributed by atoms with Crippen LogP contribution in [0.4, 0.5) is 5.69 Å². The van der Waals surface area contributed by atoms with Crippen LogP contribution in [0.3, 0.4) is 0 Å². The number of carbonyl (C=O) groups excluding carboxylic acids is 4. The Kier molecular flexibility index (Phi) is 12.2. The summed E-state index contributed by atoms with van der Waals surface area (Å²) in [5.74, 6) is -2.31.